The highest BCUT2D eigenvalue weighted by molar-refractivity contribution is 6.31. The lowest BCUT2D eigenvalue weighted by molar-refractivity contribution is 0.187. The summed E-state index contributed by atoms with van der Waals surface area (Å²) in [6, 6.07) is 8.79. The predicted octanol–water partition coefficient (Wildman–Crippen LogP) is 3.82. The van der Waals surface area contributed by atoms with E-state index >= 15 is 0 Å². The van der Waals surface area contributed by atoms with Crippen molar-refractivity contribution in [3.8, 4) is 6.07 Å². The molecule has 0 unspecified atom stereocenters. The molecule has 0 spiro atoms. The van der Waals surface area contributed by atoms with Crippen molar-refractivity contribution in [3.05, 3.63) is 35.0 Å². The van der Waals surface area contributed by atoms with Crippen molar-refractivity contribution in [2.24, 2.45) is 0 Å². The Kier molecular flexibility index (Phi) is 4.30. The lowest BCUT2D eigenvalue weighted by Crippen LogP contribution is -2.50. The summed E-state index contributed by atoms with van der Waals surface area (Å²) >= 11 is 6.20. The SMILES string of the molecule is N#Cc1cnc2ccc(Cl)cc2c1N1CCN(C2CCCC2)CC1. The van der Waals surface area contributed by atoms with Crippen molar-refractivity contribution in [1.29, 1.82) is 5.26 Å². The van der Waals surface area contributed by atoms with E-state index in [9.17, 15) is 5.26 Å². The Morgan fingerprint density at radius 3 is 2.58 bits per heavy atom. The summed E-state index contributed by atoms with van der Waals surface area (Å²) in [5, 5.41) is 11.2. The van der Waals surface area contributed by atoms with Gasteiger partial charge in [0.15, 0.2) is 0 Å². The number of halogens is 1. The van der Waals surface area contributed by atoms with Gasteiger partial charge in [0.25, 0.3) is 0 Å². The molecule has 4 nitrogen and oxygen atoms in total. The van der Waals surface area contributed by atoms with E-state index in [1.807, 2.05) is 18.2 Å². The van der Waals surface area contributed by atoms with E-state index in [0.717, 1.165) is 48.8 Å². The Morgan fingerprint density at radius 2 is 1.88 bits per heavy atom. The van der Waals surface area contributed by atoms with Crippen molar-refractivity contribution in [2.75, 3.05) is 31.1 Å². The van der Waals surface area contributed by atoms with Gasteiger partial charge in [-0.15, -0.1) is 0 Å². The molecule has 0 N–H and O–H groups in total. The van der Waals surface area contributed by atoms with Gasteiger partial charge in [-0.1, -0.05) is 24.4 Å². The first-order chi connectivity index (χ1) is 11.8. The van der Waals surface area contributed by atoms with Crippen LogP contribution in [-0.2, 0) is 0 Å². The third kappa shape index (κ3) is 2.83. The number of hydrogen-bond acceptors (Lipinski definition) is 4. The fourth-order valence-electron chi connectivity index (χ4n) is 4.15. The van der Waals surface area contributed by atoms with Gasteiger partial charge in [0.05, 0.1) is 16.8 Å². The summed E-state index contributed by atoms with van der Waals surface area (Å²) < 4.78 is 0. The van der Waals surface area contributed by atoms with Crippen LogP contribution < -0.4 is 4.90 Å². The summed E-state index contributed by atoms with van der Waals surface area (Å²) in [4.78, 5) is 9.38. The van der Waals surface area contributed by atoms with Crippen LogP contribution >= 0.6 is 11.6 Å². The van der Waals surface area contributed by atoms with Gasteiger partial charge in [-0.25, -0.2) is 0 Å². The molecule has 0 atom stereocenters. The largest absolute Gasteiger partial charge is 0.367 e. The number of nitriles is 1. The number of anilines is 1. The van der Waals surface area contributed by atoms with Crippen molar-refractivity contribution in [1.82, 2.24) is 9.88 Å². The van der Waals surface area contributed by atoms with Crippen molar-refractivity contribution in [3.63, 3.8) is 0 Å². The molecular formula is C19H21ClN4. The van der Waals surface area contributed by atoms with E-state index in [1.165, 1.54) is 25.7 Å². The second-order valence-electron chi connectivity index (χ2n) is 6.76. The van der Waals surface area contributed by atoms with E-state index in [2.05, 4.69) is 20.9 Å². The van der Waals surface area contributed by atoms with Gasteiger partial charge < -0.3 is 4.90 Å². The molecule has 1 saturated heterocycles. The van der Waals surface area contributed by atoms with Gasteiger partial charge >= 0.3 is 0 Å². The van der Waals surface area contributed by atoms with E-state index in [1.54, 1.807) is 6.20 Å². The van der Waals surface area contributed by atoms with Crippen LogP contribution in [0.2, 0.25) is 5.02 Å². The molecule has 2 heterocycles. The van der Waals surface area contributed by atoms with E-state index in [-0.39, 0.29) is 0 Å². The average molecular weight is 341 g/mol. The summed E-state index contributed by atoms with van der Waals surface area (Å²) in [7, 11) is 0. The first kappa shape index (κ1) is 15.7. The maximum absolute atomic E-state index is 9.54. The minimum Gasteiger partial charge on any atom is -0.367 e. The van der Waals surface area contributed by atoms with Crippen LogP contribution in [0, 0.1) is 11.3 Å². The highest BCUT2D eigenvalue weighted by Gasteiger charge is 2.27. The molecule has 0 bridgehead atoms. The van der Waals surface area contributed by atoms with E-state index in [0.29, 0.717) is 10.6 Å². The first-order valence-electron chi connectivity index (χ1n) is 8.73. The lowest BCUT2D eigenvalue weighted by atomic mass is 10.1. The number of rotatable bonds is 2. The van der Waals surface area contributed by atoms with Gasteiger partial charge in [-0.2, -0.15) is 5.26 Å². The molecule has 2 fully saturated rings. The molecule has 1 aromatic heterocycles. The predicted molar refractivity (Wildman–Crippen MR) is 97.5 cm³/mol. The van der Waals surface area contributed by atoms with Crippen LogP contribution in [0.25, 0.3) is 10.9 Å². The van der Waals surface area contributed by atoms with Crippen LogP contribution in [0.1, 0.15) is 31.2 Å². The lowest BCUT2D eigenvalue weighted by Gasteiger charge is -2.39. The van der Waals surface area contributed by atoms with Gasteiger partial charge in [-0.3, -0.25) is 9.88 Å². The summed E-state index contributed by atoms with van der Waals surface area (Å²) in [6.45, 7) is 4.05. The summed E-state index contributed by atoms with van der Waals surface area (Å²) in [6.07, 6.45) is 7.12. The molecule has 0 amide bonds. The molecule has 24 heavy (non-hydrogen) atoms. The molecule has 5 heteroatoms. The fourth-order valence-corrected chi connectivity index (χ4v) is 4.33. The normalized spacial score (nSPS) is 19.8. The quantitative estimate of drug-likeness (QED) is 0.833. The first-order valence-corrected chi connectivity index (χ1v) is 9.11. The number of piperazine rings is 1. The Labute approximate surface area is 147 Å². The van der Waals surface area contributed by atoms with Crippen LogP contribution in [0.3, 0.4) is 0 Å². The minimum atomic E-state index is 0.638. The third-order valence-electron chi connectivity index (χ3n) is 5.39. The Hall–Kier alpha value is -1.83. The molecule has 2 aromatic rings. The van der Waals surface area contributed by atoms with Gasteiger partial charge in [-0.05, 0) is 31.0 Å². The van der Waals surface area contributed by atoms with Crippen LogP contribution in [0.5, 0.6) is 0 Å². The summed E-state index contributed by atoms with van der Waals surface area (Å²) in [5.41, 5.74) is 2.53. The average Bonchev–Trinajstić information content (AvgIpc) is 3.15. The fraction of sp³-hybridized carbons (Fsp3) is 0.474. The van der Waals surface area contributed by atoms with Crippen molar-refractivity contribution < 1.29 is 0 Å². The molecule has 1 saturated carbocycles. The topological polar surface area (TPSA) is 43.2 Å². The highest BCUT2D eigenvalue weighted by Crippen LogP contribution is 2.33. The molecule has 1 aliphatic carbocycles. The Balaban J connectivity index is 1.64. The second-order valence-corrected chi connectivity index (χ2v) is 7.19. The van der Waals surface area contributed by atoms with Crippen molar-refractivity contribution >= 4 is 28.2 Å². The van der Waals surface area contributed by atoms with E-state index in [4.69, 9.17) is 11.6 Å². The smallest absolute Gasteiger partial charge is 0.103 e. The molecular weight excluding hydrogens is 320 g/mol. The van der Waals surface area contributed by atoms with Crippen molar-refractivity contribution in [2.45, 2.75) is 31.7 Å². The van der Waals surface area contributed by atoms with Crippen LogP contribution in [0.15, 0.2) is 24.4 Å². The van der Waals surface area contributed by atoms with Gasteiger partial charge in [0, 0.05) is 48.8 Å². The van der Waals surface area contributed by atoms with E-state index < -0.39 is 0 Å². The molecule has 1 aromatic carbocycles. The maximum atomic E-state index is 9.54. The standard InChI is InChI=1S/C19H21ClN4/c20-15-5-6-18-17(11-15)19(14(12-21)13-22-18)24-9-7-23(8-10-24)16-3-1-2-4-16/h5-6,11,13,16H,1-4,7-10H2. The molecule has 4 rings (SSSR count). The molecule has 124 valence electrons. The van der Waals surface area contributed by atoms with Gasteiger partial charge in [0.2, 0.25) is 0 Å². The maximum Gasteiger partial charge on any atom is 0.103 e. The van der Waals surface area contributed by atoms with Crippen LogP contribution in [0.4, 0.5) is 5.69 Å². The zero-order valence-corrected chi connectivity index (χ0v) is 14.5. The number of fused-ring (bicyclic) bond motifs is 1. The number of nitrogens with zero attached hydrogens (tertiary/aromatic N) is 4. The minimum absolute atomic E-state index is 0.638. The zero-order chi connectivity index (χ0) is 16.5. The number of hydrogen-bond donors (Lipinski definition) is 0. The molecule has 0 radical (unpaired) electrons. The number of aromatic nitrogens is 1. The Morgan fingerprint density at radius 1 is 1.12 bits per heavy atom. The molecule has 2 aliphatic rings. The summed E-state index contributed by atoms with van der Waals surface area (Å²) in [5.74, 6) is 0. The monoisotopic (exact) mass is 340 g/mol. The number of pyridine rings is 1. The zero-order valence-electron chi connectivity index (χ0n) is 13.7. The highest BCUT2D eigenvalue weighted by atomic mass is 35.5. The third-order valence-corrected chi connectivity index (χ3v) is 5.63. The Bertz CT molecular complexity index is 784. The second kappa shape index (κ2) is 6.58. The van der Waals surface area contributed by atoms with Crippen LogP contribution in [-0.4, -0.2) is 42.1 Å². The molecule has 1 aliphatic heterocycles. The number of benzene rings is 1. The van der Waals surface area contributed by atoms with Gasteiger partial charge in [0.1, 0.15) is 6.07 Å².